The molecule has 10 nitrogen and oxygen atoms in total. The maximum Gasteiger partial charge on any atom is 0.347 e. The van der Waals surface area contributed by atoms with Crippen LogP contribution < -0.4 is 35.7 Å². The summed E-state index contributed by atoms with van der Waals surface area (Å²) in [6.45, 7) is 6.47. The topological polar surface area (TPSA) is 155 Å². The quantitative estimate of drug-likeness (QED) is 0.134. The first kappa shape index (κ1) is 32.5. The van der Waals surface area contributed by atoms with Crippen molar-refractivity contribution in [3.05, 3.63) is 97.1 Å². The van der Waals surface area contributed by atoms with E-state index in [0.29, 0.717) is 51.9 Å². The zero-order valence-corrected chi connectivity index (χ0v) is 25.8. The highest BCUT2D eigenvalue weighted by Crippen LogP contribution is 2.35. The zero-order chi connectivity index (χ0) is 32.6. The number of carboxylic acids is 1. The van der Waals surface area contributed by atoms with Crippen LogP contribution in [0.5, 0.6) is 34.5 Å². The molecule has 4 aromatic carbocycles. The van der Waals surface area contributed by atoms with Gasteiger partial charge in [0.25, 0.3) is 5.91 Å². The lowest BCUT2D eigenvalue weighted by Crippen LogP contribution is -2.47. The Kier molecular flexibility index (Phi) is 10.1. The average Bonchev–Trinajstić information content (AvgIpc) is 3.81. The summed E-state index contributed by atoms with van der Waals surface area (Å²) in [5, 5.41) is 12.1. The Morgan fingerprint density at radius 2 is 1.02 bits per heavy atom. The van der Waals surface area contributed by atoms with Crippen LogP contribution in [0.2, 0.25) is 0 Å². The normalized spacial score (nSPS) is 12.6. The number of nitrogens with one attached hydrogen (secondary N) is 1. The number of amides is 1. The molecule has 5 rings (SSSR count). The fraction of sp³-hybridized carbons (Fsp3) is 0.257. The van der Waals surface area contributed by atoms with E-state index < -0.39 is 17.2 Å². The van der Waals surface area contributed by atoms with E-state index in [-0.39, 0.29) is 5.91 Å². The van der Waals surface area contributed by atoms with E-state index in [1.54, 1.807) is 98.8 Å². The third kappa shape index (κ3) is 9.56. The van der Waals surface area contributed by atoms with Crippen LogP contribution in [0.3, 0.4) is 0 Å². The second kappa shape index (κ2) is 13.9. The van der Waals surface area contributed by atoms with Gasteiger partial charge in [-0.3, -0.25) is 4.79 Å². The highest BCUT2D eigenvalue weighted by atomic mass is 16.6. The highest BCUT2D eigenvalue weighted by molar-refractivity contribution is 5.85. The minimum Gasteiger partial charge on any atom is -0.478 e. The predicted molar refractivity (Wildman–Crippen MR) is 173 cm³/mol. The third-order valence-electron chi connectivity index (χ3n) is 6.62. The van der Waals surface area contributed by atoms with Crippen molar-refractivity contribution in [2.45, 2.75) is 57.8 Å². The number of nitrogens with two attached hydrogens (primary N) is 2. The van der Waals surface area contributed by atoms with Crippen LogP contribution in [0, 0.1) is 0 Å². The van der Waals surface area contributed by atoms with Gasteiger partial charge in [-0.2, -0.15) is 0 Å². The fourth-order valence-corrected chi connectivity index (χ4v) is 3.79. The number of carbonyl (C=O) groups excluding carboxylic acids is 1. The van der Waals surface area contributed by atoms with Gasteiger partial charge in [0.1, 0.15) is 11.5 Å². The van der Waals surface area contributed by atoms with E-state index >= 15 is 0 Å². The number of aliphatic carboxylic acids is 1. The number of carbonyl (C=O) groups is 2. The first-order chi connectivity index (χ1) is 21.3. The van der Waals surface area contributed by atoms with E-state index in [9.17, 15) is 9.59 Å². The molecule has 4 aromatic rings. The second-order valence-electron chi connectivity index (χ2n) is 11.5. The lowest BCUT2D eigenvalue weighted by atomic mass is 10.1. The first-order valence-corrected chi connectivity index (χ1v) is 14.5. The highest BCUT2D eigenvalue weighted by Gasteiger charge is 2.35. The first-order valence-electron chi connectivity index (χ1n) is 14.5. The molecule has 45 heavy (non-hydrogen) atoms. The summed E-state index contributed by atoms with van der Waals surface area (Å²) in [6, 6.07) is 28.5. The molecule has 10 heteroatoms. The molecule has 0 spiro atoms. The summed E-state index contributed by atoms with van der Waals surface area (Å²) >= 11 is 0. The van der Waals surface area contributed by atoms with Gasteiger partial charge in [0.05, 0.1) is 0 Å². The average molecular weight is 614 g/mol. The van der Waals surface area contributed by atoms with Gasteiger partial charge >= 0.3 is 5.97 Å². The Balaban J connectivity index is 0.000000207. The minimum atomic E-state index is -1.35. The van der Waals surface area contributed by atoms with E-state index in [1.807, 2.05) is 12.1 Å². The second-order valence-corrected chi connectivity index (χ2v) is 11.5. The van der Waals surface area contributed by atoms with Gasteiger partial charge in [-0.25, -0.2) is 4.79 Å². The van der Waals surface area contributed by atoms with Crippen molar-refractivity contribution in [2.24, 2.45) is 0 Å². The van der Waals surface area contributed by atoms with Gasteiger partial charge in [0.2, 0.25) is 0 Å². The predicted octanol–water partition coefficient (Wildman–Crippen LogP) is 6.80. The van der Waals surface area contributed by atoms with Gasteiger partial charge in [0, 0.05) is 17.4 Å². The number of hydrogen-bond donors (Lipinski definition) is 4. The standard InChI is InChI=1S/C19H22N2O3.C16H17NO4/c1-19(2,18(22)21-14-9-10-14)24-17-6-4-3-5-16(17)23-15-11-7-13(20)8-12-15;1-16(2,15(18)19)21-14-6-4-3-5-13(14)20-12-9-7-11(17)8-10-12/h3-8,11-12,14H,9-10,20H2,1-2H3,(H,21,22);3-10H,17H2,1-2H3,(H,18,19). The number of rotatable bonds is 11. The van der Waals surface area contributed by atoms with Crippen LogP contribution in [0.1, 0.15) is 40.5 Å². The molecule has 1 aliphatic rings. The molecule has 0 aliphatic heterocycles. The Morgan fingerprint density at radius 1 is 0.644 bits per heavy atom. The van der Waals surface area contributed by atoms with Gasteiger partial charge in [-0.05, 0) is 113 Å². The molecule has 1 saturated carbocycles. The summed E-state index contributed by atoms with van der Waals surface area (Å²) in [4.78, 5) is 23.5. The molecular formula is C35H39N3O7. The Labute approximate surface area is 262 Å². The van der Waals surface area contributed by atoms with Crippen LogP contribution >= 0.6 is 0 Å². The van der Waals surface area contributed by atoms with E-state index in [0.717, 1.165) is 12.8 Å². The maximum absolute atomic E-state index is 12.3. The summed E-state index contributed by atoms with van der Waals surface area (Å²) < 4.78 is 23.1. The van der Waals surface area contributed by atoms with Gasteiger partial charge in [0.15, 0.2) is 34.2 Å². The van der Waals surface area contributed by atoms with E-state index in [1.165, 1.54) is 13.8 Å². The molecule has 0 bridgehead atoms. The fourth-order valence-electron chi connectivity index (χ4n) is 3.79. The molecule has 1 amide bonds. The number of anilines is 2. The number of carboxylic acid groups (broad SMARTS) is 1. The lowest BCUT2D eigenvalue weighted by Gasteiger charge is -2.26. The molecule has 0 saturated heterocycles. The summed E-state index contributed by atoms with van der Waals surface area (Å²) in [5.74, 6) is 1.95. The molecule has 6 N–H and O–H groups in total. The molecular weight excluding hydrogens is 574 g/mol. The van der Waals surface area contributed by atoms with Gasteiger partial charge in [-0.1, -0.05) is 24.3 Å². The van der Waals surface area contributed by atoms with Crippen LogP contribution in [0.4, 0.5) is 11.4 Å². The molecule has 1 fully saturated rings. The van der Waals surface area contributed by atoms with E-state index in [2.05, 4.69) is 5.32 Å². The van der Waals surface area contributed by atoms with Crippen molar-refractivity contribution in [3.8, 4) is 34.5 Å². The number of para-hydroxylation sites is 4. The van der Waals surface area contributed by atoms with Crippen molar-refractivity contribution in [3.63, 3.8) is 0 Å². The molecule has 1 aliphatic carbocycles. The Morgan fingerprint density at radius 3 is 1.40 bits per heavy atom. The van der Waals surface area contributed by atoms with Crippen LogP contribution in [-0.4, -0.2) is 34.2 Å². The van der Waals surface area contributed by atoms with E-state index in [4.69, 9.17) is 35.5 Å². The van der Waals surface area contributed by atoms with Crippen molar-refractivity contribution >= 4 is 23.3 Å². The minimum absolute atomic E-state index is 0.118. The number of ether oxygens (including phenoxy) is 4. The van der Waals surface area contributed by atoms with Crippen LogP contribution in [0.25, 0.3) is 0 Å². The largest absolute Gasteiger partial charge is 0.478 e. The van der Waals surface area contributed by atoms with Crippen molar-refractivity contribution in [1.29, 1.82) is 0 Å². The molecule has 0 heterocycles. The monoisotopic (exact) mass is 613 g/mol. The third-order valence-corrected chi connectivity index (χ3v) is 6.62. The smallest absolute Gasteiger partial charge is 0.347 e. The summed E-state index contributed by atoms with van der Waals surface area (Å²) in [6.07, 6.45) is 2.08. The Bertz CT molecular complexity index is 1600. The van der Waals surface area contributed by atoms with Crippen molar-refractivity contribution < 1.29 is 33.6 Å². The van der Waals surface area contributed by atoms with Crippen LogP contribution in [0.15, 0.2) is 97.1 Å². The number of nitrogen functional groups attached to an aromatic ring is 2. The van der Waals surface area contributed by atoms with Gasteiger partial charge in [-0.15, -0.1) is 0 Å². The molecule has 0 radical (unpaired) electrons. The molecule has 236 valence electrons. The summed E-state index contributed by atoms with van der Waals surface area (Å²) in [5.41, 5.74) is 10.3. The molecule has 0 unspecified atom stereocenters. The van der Waals surface area contributed by atoms with Gasteiger partial charge < -0.3 is 40.8 Å². The van der Waals surface area contributed by atoms with Crippen LogP contribution in [-0.2, 0) is 9.59 Å². The molecule has 0 aromatic heterocycles. The molecule has 0 atom stereocenters. The maximum atomic E-state index is 12.3. The zero-order valence-electron chi connectivity index (χ0n) is 25.8. The lowest BCUT2D eigenvalue weighted by molar-refractivity contribution is -0.152. The Hall–Kier alpha value is -5.38. The number of benzene rings is 4. The van der Waals surface area contributed by atoms with Crippen molar-refractivity contribution in [1.82, 2.24) is 5.32 Å². The number of hydrogen-bond acceptors (Lipinski definition) is 8. The SMILES string of the molecule is CC(C)(Oc1ccccc1Oc1ccc(N)cc1)C(=O)NC1CC1.CC(C)(Oc1ccccc1Oc1ccc(N)cc1)C(=O)O. The summed E-state index contributed by atoms with van der Waals surface area (Å²) in [7, 11) is 0. The van der Waals surface area contributed by atoms with Crippen molar-refractivity contribution in [2.75, 3.05) is 11.5 Å².